The Kier molecular flexibility index (Phi) is 3.88. The number of fused-ring (bicyclic) bond motifs is 1. The van der Waals surface area contributed by atoms with Crippen LogP contribution in [0, 0.1) is 0 Å². The van der Waals surface area contributed by atoms with Crippen molar-refractivity contribution in [3.05, 3.63) is 71.2 Å². The second kappa shape index (κ2) is 6.37. The average molecular weight is 362 g/mol. The quantitative estimate of drug-likeness (QED) is 0.419. The number of aromatic nitrogens is 5. The molecule has 0 atom stereocenters. The summed E-state index contributed by atoms with van der Waals surface area (Å²) in [6, 6.07) is 9.99. The first-order valence-corrected chi connectivity index (χ1v) is 8.03. The van der Waals surface area contributed by atoms with Gasteiger partial charge in [0.15, 0.2) is 5.65 Å². The maximum absolute atomic E-state index is 12.2. The molecule has 1 amide bonds. The van der Waals surface area contributed by atoms with Crippen molar-refractivity contribution in [2.75, 3.05) is 5.32 Å². The smallest absolute Gasteiger partial charge is 0.298 e. The number of aryl methyl sites for hydroxylation is 1. The number of aromatic amines is 1. The van der Waals surface area contributed by atoms with Gasteiger partial charge in [0.2, 0.25) is 0 Å². The molecule has 3 aromatic heterocycles. The topological polar surface area (TPSA) is 115 Å². The second-order valence-corrected chi connectivity index (χ2v) is 5.86. The molecule has 9 nitrogen and oxygen atoms in total. The van der Waals surface area contributed by atoms with Gasteiger partial charge in [0.05, 0.1) is 23.9 Å². The molecule has 4 rings (SSSR count). The number of carbonyl (C=O) groups is 2. The third-order valence-electron chi connectivity index (χ3n) is 4.12. The largest absolute Gasteiger partial charge is 0.348 e. The van der Waals surface area contributed by atoms with E-state index >= 15 is 0 Å². The number of ketones is 1. The third-order valence-corrected chi connectivity index (χ3v) is 4.12. The van der Waals surface area contributed by atoms with Crippen LogP contribution in [-0.4, -0.2) is 36.0 Å². The molecule has 0 aliphatic carbocycles. The van der Waals surface area contributed by atoms with Crippen molar-refractivity contribution in [2.45, 2.75) is 0 Å². The molecule has 0 saturated heterocycles. The first-order valence-electron chi connectivity index (χ1n) is 8.03. The molecular weight excluding hydrogens is 348 g/mol. The maximum Gasteiger partial charge on any atom is 0.298 e. The summed E-state index contributed by atoms with van der Waals surface area (Å²) in [5.74, 6) is -1.34. The van der Waals surface area contributed by atoms with Crippen molar-refractivity contribution in [1.82, 2.24) is 24.3 Å². The number of rotatable bonds is 4. The van der Waals surface area contributed by atoms with Gasteiger partial charge in [-0.05, 0) is 36.4 Å². The molecule has 1 aromatic carbocycles. The van der Waals surface area contributed by atoms with Crippen molar-refractivity contribution in [1.29, 1.82) is 0 Å². The van der Waals surface area contributed by atoms with Crippen LogP contribution < -0.4 is 10.9 Å². The Bertz CT molecular complexity index is 1220. The molecule has 9 heteroatoms. The van der Waals surface area contributed by atoms with Crippen molar-refractivity contribution >= 4 is 28.4 Å². The molecule has 0 aliphatic rings. The summed E-state index contributed by atoms with van der Waals surface area (Å²) in [7, 11) is 1.70. The Morgan fingerprint density at radius 2 is 1.93 bits per heavy atom. The number of anilines is 1. The fourth-order valence-electron chi connectivity index (χ4n) is 2.73. The molecule has 0 fully saturated rings. The van der Waals surface area contributed by atoms with Gasteiger partial charge < -0.3 is 14.9 Å². The zero-order valence-corrected chi connectivity index (χ0v) is 14.2. The van der Waals surface area contributed by atoms with Crippen LogP contribution >= 0.6 is 0 Å². The summed E-state index contributed by atoms with van der Waals surface area (Å²) in [5, 5.41) is 7.13. The van der Waals surface area contributed by atoms with E-state index in [0.717, 1.165) is 0 Å². The lowest BCUT2D eigenvalue weighted by atomic mass is 10.2. The minimum atomic E-state index is -0.720. The molecule has 2 N–H and O–H groups in total. The molecule has 0 spiro atoms. The lowest BCUT2D eigenvalue weighted by Gasteiger charge is -2.07. The van der Waals surface area contributed by atoms with Gasteiger partial charge in [0, 0.05) is 18.9 Å². The van der Waals surface area contributed by atoms with Gasteiger partial charge in [-0.25, -0.2) is 9.67 Å². The van der Waals surface area contributed by atoms with Crippen LogP contribution in [0.1, 0.15) is 10.5 Å². The van der Waals surface area contributed by atoms with Crippen LogP contribution in [0.15, 0.2) is 59.9 Å². The Morgan fingerprint density at radius 1 is 1.15 bits per heavy atom. The van der Waals surface area contributed by atoms with Crippen molar-refractivity contribution in [3.8, 4) is 5.69 Å². The van der Waals surface area contributed by atoms with E-state index in [1.54, 1.807) is 54.2 Å². The molecule has 4 aromatic rings. The van der Waals surface area contributed by atoms with Gasteiger partial charge in [0.1, 0.15) is 5.39 Å². The minimum Gasteiger partial charge on any atom is -0.348 e. The summed E-state index contributed by atoms with van der Waals surface area (Å²) in [6.45, 7) is 0. The van der Waals surface area contributed by atoms with Gasteiger partial charge in [-0.2, -0.15) is 5.10 Å². The Balaban J connectivity index is 1.56. The van der Waals surface area contributed by atoms with E-state index in [2.05, 4.69) is 20.4 Å². The van der Waals surface area contributed by atoms with E-state index in [1.807, 2.05) is 0 Å². The highest BCUT2D eigenvalue weighted by atomic mass is 16.2. The van der Waals surface area contributed by atoms with Crippen LogP contribution in [0.5, 0.6) is 0 Å². The monoisotopic (exact) mass is 362 g/mol. The Labute approximate surface area is 152 Å². The van der Waals surface area contributed by atoms with Crippen LogP contribution in [0.2, 0.25) is 0 Å². The maximum atomic E-state index is 12.2. The molecule has 0 bridgehead atoms. The highest BCUT2D eigenvalue weighted by Crippen LogP contribution is 2.16. The highest BCUT2D eigenvalue weighted by Gasteiger charge is 2.18. The number of nitrogens with zero attached hydrogens (tertiary/aromatic N) is 4. The predicted molar refractivity (Wildman–Crippen MR) is 97.9 cm³/mol. The van der Waals surface area contributed by atoms with Gasteiger partial charge in [-0.1, -0.05) is 0 Å². The van der Waals surface area contributed by atoms with E-state index < -0.39 is 11.7 Å². The summed E-state index contributed by atoms with van der Waals surface area (Å²) in [6.07, 6.45) is 4.45. The number of nitrogens with one attached hydrogen (secondary N) is 2. The zero-order valence-electron chi connectivity index (χ0n) is 14.2. The van der Waals surface area contributed by atoms with Gasteiger partial charge >= 0.3 is 0 Å². The number of amides is 1. The number of benzene rings is 1. The van der Waals surface area contributed by atoms with Gasteiger partial charge in [0.25, 0.3) is 17.2 Å². The number of carbonyl (C=O) groups excluding carboxylic acids is 2. The molecular formula is C18H14N6O3. The van der Waals surface area contributed by atoms with E-state index in [9.17, 15) is 14.4 Å². The standard InChI is InChI=1S/C18H14N6O3/c1-23-8-2-3-14(23)15(25)18(27)22-11-4-6-12(7-5-11)24-16-13(9-21-24)17(26)20-10-19-16/h2-10H,1H3,(H,22,27)(H,19,20,26). The van der Waals surface area contributed by atoms with E-state index in [-0.39, 0.29) is 5.56 Å². The summed E-state index contributed by atoms with van der Waals surface area (Å²) in [4.78, 5) is 42.7. The summed E-state index contributed by atoms with van der Waals surface area (Å²) in [5.41, 5.74) is 1.59. The number of H-pyrrole nitrogens is 1. The van der Waals surface area contributed by atoms with E-state index in [1.165, 1.54) is 17.2 Å². The van der Waals surface area contributed by atoms with Crippen molar-refractivity contribution in [2.24, 2.45) is 7.05 Å². The predicted octanol–water partition coefficient (Wildman–Crippen LogP) is 1.27. The lowest BCUT2D eigenvalue weighted by Crippen LogP contribution is -2.24. The molecule has 0 saturated carbocycles. The second-order valence-electron chi connectivity index (χ2n) is 5.86. The third kappa shape index (κ3) is 2.91. The van der Waals surface area contributed by atoms with Gasteiger partial charge in [-0.3, -0.25) is 14.4 Å². The SMILES string of the molecule is Cn1cccc1C(=O)C(=O)Nc1ccc(-n2ncc3c(=O)[nH]cnc32)cc1. The average Bonchev–Trinajstić information content (AvgIpc) is 3.29. The Morgan fingerprint density at radius 3 is 2.63 bits per heavy atom. The first-order chi connectivity index (χ1) is 13.0. The molecule has 134 valence electrons. The molecule has 27 heavy (non-hydrogen) atoms. The van der Waals surface area contributed by atoms with Gasteiger partial charge in [-0.15, -0.1) is 0 Å². The van der Waals surface area contributed by atoms with Crippen LogP contribution in [0.25, 0.3) is 16.7 Å². The normalized spacial score (nSPS) is 10.9. The molecule has 0 unspecified atom stereocenters. The Hall–Kier alpha value is -4.01. The van der Waals surface area contributed by atoms with E-state index in [4.69, 9.17) is 0 Å². The van der Waals surface area contributed by atoms with Crippen LogP contribution in [-0.2, 0) is 11.8 Å². The highest BCUT2D eigenvalue weighted by molar-refractivity contribution is 6.46. The molecule has 3 heterocycles. The fraction of sp³-hybridized carbons (Fsp3) is 0.0556. The minimum absolute atomic E-state index is 0.269. The van der Waals surface area contributed by atoms with Crippen LogP contribution in [0.3, 0.4) is 0 Å². The zero-order chi connectivity index (χ0) is 19.0. The lowest BCUT2D eigenvalue weighted by molar-refractivity contribution is -0.112. The summed E-state index contributed by atoms with van der Waals surface area (Å²) < 4.78 is 3.10. The number of hydrogen-bond donors (Lipinski definition) is 2. The fourth-order valence-corrected chi connectivity index (χ4v) is 2.73. The van der Waals surface area contributed by atoms with E-state index in [0.29, 0.717) is 28.1 Å². The van der Waals surface area contributed by atoms with Crippen molar-refractivity contribution in [3.63, 3.8) is 0 Å². The van der Waals surface area contributed by atoms with Crippen molar-refractivity contribution < 1.29 is 9.59 Å². The number of Topliss-reactive ketones (excluding diaryl/α,β-unsaturated/α-hetero) is 1. The molecule has 0 radical (unpaired) electrons. The molecule has 0 aliphatic heterocycles. The van der Waals surface area contributed by atoms with Crippen LogP contribution in [0.4, 0.5) is 5.69 Å². The number of hydrogen-bond acceptors (Lipinski definition) is 5. The first kappa shape index (κ1) is 16.5. The summed E-state index contributed by atoms with van der Waals surface area (Å²) >= 11 is 0.